The molecule has 20 heavy (non-hydrogen) atoms. The van der Waals surface area contributed by atoms with Gasteiger partial charge in [0, 0.05) is 31.5 Å². The second-order valence-electron chi connectivity index (χ2n) is 5.90. The summed E-state index contributed by atoms with van der Waals surface area (Å²) < 4.78 is 5.91. The van der Waals surface area contributed by atoms with E-state index in [1.54, 1.807) is 0 Å². The highest BCUT2D eigenvalue weighted by Crippen LogP contribution is 2.41. The number of likely N-dealkylation sites (tertiary alicyclic amines) is 1. The van der Waals surface area contributed by atoms with E-state index in [2.05, 4.69) is 59.5 Å². The molecule has 0 aromatic heterocycles. The number of hydrogen-bond donors (Lipinski definition) is 0. The van der Waals surface area contributed by atoms with Crippen molar-refractivity contribution in [2.45, 2.75) is 12.5 Å². The van der Waals surface area contributed by atoms with Crippen LogP contribution in [0.15, 0.2) is 54.6 Å². The van der Waals surface area contributed by atoms with Gasteiger partial charge >= 0.3 is 0 Å². The van der Waals surface area contributed by atoms with Crippen LogP contribution in [0.4, 0.5) is 0 Å². The Hall–Kier alpha value is -1.80. The molecule has 1 saturated heterocycles. The molecule has 0 amide bonds. The Morgan fingerprint density at radius 2 is 1.75 bits per heavy atom. The monoisotopic (exact) mass is 265 g/mol. The molecule has 2 heteroatoms. The third-order valence-electron chi connectivity index (χ3n) is 4.54. The van der Waals surface area contributed by atoms with E-state index in [1.165, 1.54) is 11.1 Å². The van der Waals surface area contributed by atoms with Crippen molar-refractivity contribution in [2.24, 2.45) is 5.92 Å². The number of para-hydroxylation sites is 1. The van der Waals surface area contributed by atoms with Gasteiger partial charge in [-0.05, 0) is 17.2 Å². The van der Waals surface area contributed by atoms with E-state index < -0.39 is 0 Å². The topological polar surface area (TPSA) is 12.5 Å². The molecule has 0 aliphatic carbocycles. The van der Waals surface area contributed by atoms with Gasteiger partial charge in [0.2, 0.25) is 0 Å². The Bertz CT molecular complexity index is 595. The summed E-state index contributed by atoms with van der Waals surface area (Å²) >= 11 is 0. The molecule has 0 saturated carbocycles. The lowest BCUT2D eigenvalue weighted by Crippen LogP contribution is -2.24. The summed E-state index contributed by atoms with van der Waals surface area (Å²) in [6.45, 7) is 4.22. The molecule has 2 heterocycles. The Morgan fingerprint density at radius 3 is 2.65 bits per heavy atom. The molecule has 1 fully saturated rings. The minimum absolute atomic E-state index is 0.642. The van der Waals surface area contributed by atoms with Crippen molar-refractivity contribution in [3.8, 4) is 5.75 Å². The summed E-state index contributed by atoms with van der Waals surface area (Å²) in [4.78, 5) is 2.57. The van der Waals surface area contributed by atoms with Crippen molar-refractivity contribution >= 4 is 0 Å². The molecule has 102 valence electrons. The quantitative estimate of drug-likeness (QED) is 0.826. The van der Waals surface area contributed by atoms with Crippen LogP contribution in [0.5, 0.6) is 5.75 Å². The first-order chi connectivity index (χ1) is 9.90. The fourth-order valence-electron chi connectivity index (χ4n) is 3.57. The molecule has 0 N–H and O–H groups in total. The third-order valence-corrected chi connectivity index (χ3v) is 4.54. The van der Waals surface area contributed by atoms with Gasteiger partial charge in [0.25, 0.3) is 0 Å². The molecule has 0 unspecified atom stereocenters. The molecule has 0 bridgehead atoms. The van der Waals surface area contributed by atoms with Crippen molar-refractivity contribution < 1.29 is 4.74 Å². The van der Waals surface area contributed by atoms with Gasteiger partial charge in [0.15, 0.2) is 0 Å². The Morgan fingerprint density at radius 1 is 0.950 bits per heavy atom. The summed E-state index contributed by atoms with van der Waals surface area (Å²) in [6.07, 6.45) is 0. The minimum atomic E-state index is 0.642. The zero-order chi connectivity index (χ0) is 13.4. The molecule has 2 aliphatic heterocycles. The lowest BCUT2D eigenvalue weighted by Gasteiger charge is -2.27. The SMILES string of the molecule is c1ccc(CN2C[C@@H]3COc4ccccc4[C@@H]3C2)cc1. The van der Waals surface area contributed by atoms with Crippen LogP contribution in [0.2, 0.25) is 0 Å². The van der Waals surface area contributed by atoms with Crippen LogP contribution in [0.25, 0.3) is 0 Å². The number of fused-ring (bicyclic) bond motifs is 3. The van der Waals surface area contributed by atoms with Gasteiger partial charge in [-0.15, -0.1) is 0 Å². The van der Waals surface area contributed by atoms with Gasteiger partial charge < -0.3 is 4.74 Å². The Balaban J connectivity index is 1.53. The van der Waals surface area contributed by atoms with Crippen molar-refractivity contribution in [3.63, 3.8) is 0 Å². The van der Waals surface area contributed by atoms with Crippen molar-refractivity contribution in [3.05, 3.63) is 65.7 Å². The molecule has 0 radical (unpaired) electrons. The molecule has 2 aromatic rings. The Labute approximate surface area is 120 Å². The lowest BCUT2D eigenvalue weighted by atomic mass is 9.87. The normalized spacial score (nSPS) is 24.8. The summed E-state index contributed by atoms with van der Waals surface area (Å²) in [5.74, 6) is 2.38. The fourth-order valence-corrected chi connectivity index (χ4v) is 3.57. The number of rotatable bonds is 2. The van der Waals surface area contributed by atoms with E-state index in [0.29, 0.717) is 11.8 Å². The first-order valence-corrected chi connectivity index (χ1v) is 7.38. The number of ether oxygens (including phenoxy) is 1. The summed E-state index contributed by atoms with van der Waals surface area (Å²) in [5, 5.41) is 0. The standard InChI is InChI=1S/C18H19NO/c1-2-6-14(7-3-1)10-19-11-15-13-20-18-9-5-4-8-16(18)17(15)12-19/h1-9,15,17H,10-13H2/t15-,17-/m1/s1. The van der Waals surface area contributed by atoms with Gasteiger partial charge in [-0.3, -0.25) is 4.90 Å². The summed E-state index contributed by atoms with van der Waals surface area (Å²) in [5.41, 5.74) is 2.81. The van der Waals surface area contributed by atoms with Gasteiger partial charge in [-0.1, -0.05) is 48.5 Å². The van der Waals surface area contributed by atoms with E-state index >= 15 is 0 Å². The average Bonchev–Trinajstić information content (AvgIpc) is 2.91. The Kier molecular flexibility index (Phi) is 2.96. The van der Waals surface area contributed by atoms with Crippen LogP contribution in [0.3, 0.4) is 0 Å². The molecule has 2 aliphatic rings. The zero-order valence-electron chi connectivity index (χ0n) is 11.5. The summed E-state index contributed by atoms with van der Waals surface area (Å²) in [6, 6.07) is 19.3. The molecule has 0 spiro atoms. The van der Waals surface area contributed by atoms with Crippen LogP contribution < -0.4 is 4.74 Å². The van der Waals surface area contributed by atoms with Crippen molar-refractivity contribution in [1.29, 1.82) is 0 Å². The molecular formula is C18H19NO. The van der Waals surface area contributed by atoms with Gasteiger partial charge in [0.1, 0.15) is 5.75 Å². The second-order valence-corrected chi connectivity index (χ2v) is 5.90. The van der Waals surface area contributed by atoms with E-state index in [1.807, 2.05) is 0 Å². The predicted octanol–water partition coefficient (Wildman–Crippen LogP) is 3.29. The van der Waals surface area contributed by atoms with E-state index in [-0.39, 0.29) is 0 Å². The van der Waals surface area contributed by atoms with E-state index in [0.717, 1.165) is 32.0 Å². The highest BCUT2D eigenvalue weighted by molar-refractivity contribution is 5.39. The van der Waals surface area contributed by atoms with Crippen LogP contribution in [0, 0.1) is 5.92 Å². The minimum Gasteiger partial charge on any atom is -0.493 e. The number of nitrogens with zero attached hydrogens (tertiary/aromatic N) is 1. The van der Waals surface area contributed by atoms with Crippen LogP contribution >= 0.6 is 0 Å². The first kappa shape index (κ1) is 12.0. The van der Waals surface area contributed by atoms with Crippen LogP contribution in [0.1, 0.15) is 17.0 Å². The fraction of sp³-hybridized carbons (Fsp3) is 0.333. The maximum atomic E-state index is 5.91. The molecule has 4 rings (SSSR count). The highest BCUT2D eigenvalue weighted by atomic mass is 16.5. The van der Waals surface area contributed by atoms with Crippen molar-refractivity contribution in [1.82, 2.24) is 4.90 Å². The summed E-state index contributed by atoms with van der Waals surface area (Å²) in [7, 11) is 0. The van der Waals surface area contributed by atoms with Crippen LogP contribution in [-0.4, -0.2) is 24.6 Å². The molecule has 2 nitrogen and oxygen atoms in total. The molecule has 2 aromatic carbocycles. The third kappa shape index (κ3) is 2.10. The number of benzene rings is 2. The van der Waals surface area contributed by atoms with Gasteiger partial charge in [-0.25, -0.2) is 0 Å². The maximum Gasteiger partial charge on any atom is 0.122 e. The molecular weight excluding hydrogens is 246 g/mol. The predicted molar refractivity (Wildman–Crippen MR) is 79.9 cm³/mol. The van der Waals surface area contributed by atoms with Gasteiger partial charge in [0.05, 0.1) is 6.61 Å². The van der Waals surface area contributed by atoms with Gasteiger partial charge in [-0.2, -0.15) is 0 Å². The van der Waals surface area contributed by atoms with E-state index in [9.17, 15) is 0 Å². The highest BCUT2D eigenvalue weighted by Gasteiger charge is 2.38. The zero-order valence-corrected chi connectivity index (χ0v) is 11.5. The van der Waals surface area contributed by atoms with E-state index in [4.69, 9.17) is 4.74 Å². The van der Waals surface area contributed by atoms with Crippen LogP contribution in [-0.2, 0) is 6.54 Å². The van der Waals surface area contributed by atoms with Crippen molar-refractivity contribution in [2.75, 3.05) is 19.7 Å². The average molecular weight is 265 g/mol. The lowest BCUT2D eigenvalue weighted by molar-refractivity contribution is 0.212. The smallest absolute Gasteiger partial charge is 0.122 e. The maximum absolute atomic E-state index is 5.91. The first-order valence-electron chi connectivity index (χ1n) is 7.38. The molecule has 2 atom stereocenters. The largest absolute Gasteiger partial charge is 0.493 e. The second kappa shape index (κ2) is 4.95. The number of hydrogen-bond acceptors (Lipinski definition) is 2.